The molecule has 0 atom stereocenters. The standard InChI is InChI=1S/C62H42N2/c1-2-18-46(19-3-1)57-42-50(39-40-53(57)54-25-9-13-29-60(54)64-61-30-14-10-26-55(61)56-27-11-15-31-62(56)64)63(59-32-16-22-45-20-6-7-23-51(45)59)58-28-12-8-24-52(58)47-36-33-44(34-37-47)49-38-35-43-17-4-5-21-48(43)41-49/h1-42H. The Morgan fingerprint density at radius 3 is 1.59 bits per heavy atom. The van der Waals surface area contributed by atoms with E-state index in [1.807, 2.05) is 0 Å². The number of hydrogen-bond donors (Lipinski definition) is 0. The number of rotatable bonds is 8. The van der Waals surface area contributed by atoms with Crippen molar-refractivity contribution in [2.24, 2.45) is 0 Å². The number of nitrogens with zero attached hydrogens (tertiary/aromatic N) is 2. The van der Waals surface area contributed by atoms with E-state index >= 15 is 0 Å². The zero-order valence-corrected chi connectivity index (χ0v) is 35.1. The predicted octanol–water partition coefficient (Wildman–Crippen LogP) is 17.2. The lowest BCUT2D eigenvalue weighted by Crippen LogP contribution is -2.12. The minimum Gasteiger partial charge on any atom is -0.309 e. The molecular formula is C62H42N2. The smallest absolute Gasteiger partial charge is 0.0541 e. The molecule has 0 aliphatic heterocycles. The van der Waals surface area contributed by atoms with Gasteiger partial charge in [-0.15, -0.1) is 0 Å². The number of hydrogen-bond acceptors (Lipinski definition) is 1. The van der Waals surface area contributed by atoms with Crippen molar-refractivity contribution in [3.05, 3.63) is 255 Å². The van der Waals surface area contributed by atoms with Crippen molar-refractivity contribution in [3.63, 3.8) is 0 Å². The van der Waals surface area contributed by atoms with Gasteiger partial charge in [0.15, 0.2) is 0 Å². The lowest BCUT2D eigenvalue weighted by atomic mass is 9.92. The minimum atomic E-state index is 1.08. The van der Waals surface area contributed by atoms with Crippen molar-refractivity contribution in [1.82, 2.24) is 4.57 Å². The number of benzene rings is 11. The summed E-state index contributed by atoms with van der Waals surface area (Å²) < 4.78 is 2.44. The highest BCUT2D eigenvalue weighted by molar-refractivity contribution is 6.10. The molecule has 0 unspecified atom stereocenters. The van der Waals surface area contributed by atoms with Crippen LogP contribution in [0.1, 0.15) is 0 Å². The van der Waals surface area contributed by atoms with Crippen LogP contribution in [0.4, 0.5) is 17.1 Å². The lowest BCUT2D eigenvalue weighted by molar-refractivity contribution is 1.18. The van der Waals surface area contributed by atoms with Crippen LogP contribution in [0.15, 0.2) is 255 Å². The second-order valence-electron chi connectivity index (χ2n) is 16.5. The molecule has 0 saturated carbocycles. The van der Waals surface area contributed by atoms with Crippen molar-refractivity contribution in [2.75, 3.05) is 4.90 Å². The van der Waals surface area contributed by atoms with Gasteiger partial charge in [0.25, 0.3) is 0 Å². The van der Waals surface area contributed by atoms with Crippen molar-refractivity contribution in [2.45, 2.75) is 0 Å². The lowest BCUT2D eigenvalue weighted by Gasteiger charge is -2.30. The molecule has 0 radical (unpaired) electrons. The maximum Gasteiger partial charge on any atom is 0.0541 e. The minimum absolute atomic E-state index is 1.08. The molecule has 2 nitrogen and oxygen atoms in total. The van der Waals surface area contributed by atoms with E-state index in [-0.39, 0.29) is 0 Å². The quantitative estimate of drug-likeness (QED) is 0.148. The fourth-order valence-electron chi connectivity index (χ4n) is 9.78. The maximum atomic E-state index is 2.46. The first-order valence-electron chi connectivity index (χ1n) is 22.0. The van der Waals surface area contributed by atoms with Crippen LogP contribution in [0.25, 0.3) is 93.5 Å². The third-order valence-electron chi connectivity index (χ3n) is 12.8. The molecular weight excluding hydrogens is 773 g/mol. The van der Waals surface area contributed by atoms with Crippen LogP contribution in [-0.4, -0.2) is 4.57 Å². The highest BCUT2D eigenvalue weighted by Crippen LogP contribution is 2.47. The fraction of sp³-hybridized carbons (Fsp3) is 0. The molecule has 0 spiro atoms. The van der Waals surface area contributed by atoms with Crippen LogP contribution >= 0.6 is 0 Å². The molecule has 0 aliphatic rings. The van der Waals surface area contributed by atoms with Gasteiger partial charge in [-0.3, -0.25) is 0 Å². The van der Waals surface area contributed by atoms with E-state index in [0.29, 0.717) is 0 Å². The first-order chi connectivity index (χ1) is 31.8. The van der Waals surface area contributed by atoms with Gasteiger partial charge in [0, 0.05) is 33.0 Å². The van der Waals surface area contributed by atoms with E-state index in [4.69, 9.17) is 0 Å². The van der Waals surface area contributed by atoms with E-state index < -0.39 is 0 Å². The second kappa shape index (κ2) is 15.8. The molecule has 1 heterocycles. The van der Waals surface area contributed by atoms with Crippen molar-refractivity contribution >= 4 is 60.4 Å². The Morgan fingerprint density at radius 2 is 0.812 bits per heavy atom. The largest absolute Gasteiger partial charge is 0.309 e. The van der Waals surface area contributed by atoms with E-state index in [1.54, 1.807) is 0 Å². The summed E-state index contributed by atoms with van der Waals surface area (Å²) in [5.41, 5.74) is 16.2. The molecule has 0 amide bonds. The summed E-state index contributed by atoms with van der Waals surface area (Å²) in [7, 11) is 0. The molecule has 0 fully saturated rings. The molecule has 1 aromatic heterocycles. The number of para-hydroxylation sites is 4. The summed E-state index contributed by atoms with van der Waals surface area (Å²) in [6, 6.07) is 92.8. The Morgan fingerprint density at radius 1 is 0.266 bits per heavy atom. The molecule has 11 aromatic carbocycles. The van der Waals surface area contributed by atoms with Crippen LogP contribution in [-0.2, 0) is 0 Å². The molecule has 300 valence electrons. The summed E-state index contributed by atoms with van der Waals surface area (Å²) >= 11 is 0. The molecule has 12 aromatic rings. The maximum absolute atomic E-state index is 2.46. The Balaban J connectivity index is 1.05. The van der Waals surface area contributed by atoms with E-state index in [0.717, 1.165) is 45.0 Å². The molecule has 0 aliphatic carbocycles. The third-order valence-corrected chi connectivity index (χ3v) is 12.8. The molecule has 64 heavy (non-hydrogen) atoms. The predicted molar refractivity (Wildman–Crippen MR) is 272 cm³/mol. The van der Waals surface area contributed by atoms with Gasteiger partial charge in [-0.1, -0.05) is 206 Å². The van der Waals surface area contributed by atoms with Crippen LogP contribution < -0.4 is 4.90 Å². The summed E-state index contributed by atoms with van der Waals surface area (Å²) in [6.07, 6.45) is 0. The van der Waals surface area contributed by atoms with Crippen molar-refractivity contribution in [3.8, 4) is 50.2 Å². The molecule has 0 bridgehead atoms. The van der Waals surface area contributed by atoms with E-state index in [2.05, 4.69) is 264 Å². The zero-order valence-electron chi connectivity index (χ0n) is 35.1. The molecule has 0 N–H and O–H groups in total. The van der Waals surface area contributed by atoms with Crippen LogP contribution in [0, 0.1) is 0 Å². The number of anilines is 3. The molecule has 0 saturated heterocycles. The Bertz CT molecular complexity index is 3610. The first-order valence-corrected chi connectivity index (χ1v) is 22.0. The zero-order chi connectivity index (χ0) is 42.4. The fourth-order valence-corrected chi connectivity index (χ4v) is 9.78. The Kier molecular flexibility index (Phi) is 9.20. The van der Waals surface area contributed by atoms with Crippen molar-refractivity contribution in [1.29, 1.82) is 0 Å². The van der Waals surface area contributed by atoms with Gasteiger partial charge in [-0.2, -0.15) is 0 Å². The topological polar surface area (TPSA) is 8.17 Å². The van der Waals surface area contributed by atoms with Gasteiger partial charge in [0.1, 0.15) is 0 Å². The summed E-state index contributed by atoms with van der Waals surface area (Å²) in [5.74, 6) is 0. The SMILES string of the molecule is c1ccc(-c2cc(N(c3ccccc3-c3ccc(-c4ccc5ccccc5c4)cc3)c3cccc4ccccc34)ccc2-c2ccccc2-n2c3ccccc3c3ccccc32)cc1. The van der Waals surface area contributed by atoms with E-state index in [9.17, 15) is 0 Å². The van der Waals surface area contributed by atoms with Crippen LogP contribution in [0.5, 0.6) is 0 Å². The third kappa shape index (κ3) is 6.44. The van der Waals surface area contributed by atoms with Crippen LogP contribution in [0.2, 0.25) is 0 Å². The van der Waals surface area contributed by atoms with Gasteiger partial charge in [-0.05, 0) is 98.1 Å². The number of aromatic nitrogens is 1. The Hall–Kier alpha value is -8.46. The Labute approximate surface area is 373 Å². The van der Waals surface area contributed by atoms with Gasteiger partial charge in [0.05, 0.1) is 28.1 Å². The second-order valence-corrected chi connectivity index (χ2v) is 16.5. The summed E-state index contributed by atoms with van der Waals surface area (Å²) in [6.45, 7) is 0. The van der Waals surface area contributed by atoms with Gasteiger partial charge < -0.3 is 9.47 Å². The number of fused-ring (bicyclic) bond motifs is 5. The average Bonchev–Trinajstić information content (AvgIpc) is 3.71. The molecule has 12 rings (SSSR count). The molecule has 2 heteroatoms. The van der Waals surface area contributed by atoms with E-state index in [1.165, 1.54) is 65.6 Å². The summed E-state index contributed by atoms with van der Waals surface area (Å²) in [4.78, 5) is 2.46. The summed E-state index contributed by atoms with van der Waals surface area (Å²) in [5, 5.41) is 7.38. The highest BCUT2D eigenvalue weighted by Gasteiger charge is 2.23. The van der Waals surface area contributed by atoms with Gasteiger partial charge in [-0.25, -0.2) is 0 Å². The van der Waals surface area contributed by atoms with Crippen molar-refractivity contribution < 1.29 is 0 Å². The average molecular weight is 815 g/mol. The monoisotopic (exact) mass is 814 g/mol. The normalized spacial score (nSPS) is 11.4. The highest BCUT2D eigenvalue weighted by atomic mass is 15.1. The van der Waals surface area contributed by atoms with Gasteiger partial charge >= 0.3 is 0 Å². The van der Waals surface area contributed by atoms with Crippen LogP contribution in [0.3, 0.4) is 0 Å². The van der Waals surface area contributed by atoms with Gasteiger partial charge in [0.2, 0.25) is 0 Å². The first kappa shape index (κ1) is 37.3.